The Morgan fingerprint density at radius 1 is 0.880 bits per heavy atom. The maximum Gasteiger partial charge on any atom is 0.255 e. The van der Waals surface area contributed by atoms with Gasteiger partial charge in [-0.05, 0) is 55.0 Å². The van der Waals surface area contributed by atoms with Crippen LogP contribution in [0, 0.1) is 0 Å². The van der Waals surface area contributed by atoms with Gasteiger partial charge in [-0.1, -0.05) is 13.3 Å². The lowest BCUT2D eigenvalue weighted by Crippen LogP contribution is -2.11. The van der Waals surface area contributed by atoms with E-state index in [1.807, 2.05) is 36.4 Å². The molecule has 2 aromatic rings. The van der Waals surface area contributed by atoms with Gasteiger partial charge in [0.05, 0.1) is 13.2 Å². The molecule has 0 spiro atoms. The van der Waals surface area contributed by atoms with Crippen LogP contribution in [0.5, 0.6) is 11.5 Å². The molecule has 2 rings (SSSR count). The predicted octanol–water partition coefficient (Wildman–Crippen LogP) is 4.14. The number of hydrogen-bond acceptors (Lipinski definition) is 4. The van der Waals surface area contributed by atoms with Crippen LogP contribution >= 0.6 is 0 Å². The summed E-state index contributed by atoms with van der Waals surface area (Å²) in [5.41, 5.74) is 1.30. The fourth-order valence-corrected chi connectivity index (χ4v) is 2.12. The molecule has 0 aliphatic heterocycles. The molecule has 0 aliphatic rings. The Hall–Kier alpha value is -2.53. The minimum absolute atomic E-state index is 0.159. The van der Waals surface area contributed by atoms with E-state index in [9.17, 15) is 4.79 Å². The fraction of sp³-hybridized carbons (Fsp3) is 0.350. The monoisotopic (exact) mass is 343 g/mol. The molecule has 0 atom stereocenters. The molecule has 0 aromatic heterocycles. The minimum Gasteiger partial charge on any atom is -0.494 e. The van der Waals surface area contributed by atoms with E-state index < -0.39 is 0 Å². The normalized spacial score (nSPS) is 10.3. The number of methoxy groups -OCH3 is 1. The van der Waals surface area contributed by atoms with Crippen molar-refractivity contribution >= 4 is 11.6 Å². The van der Waals surface area contributed by atoms with E-state index in [-0.39, 0.29) is 5.91 Å². The summed E-state index contributed by atoms with van der Waals surface area (Å²) in [6.07, 6.45) is 2.12. The molecule has 0 aliphatic carbocycles. The Balaban J connectivity index is 1.86. The Labute approximate surface area is 148 Å². The first-order valence-corrected chi connectivity index (χ1v) is 8.49. The number of hydrogen-bond donors (Lipinski definition) is 1. The van der Waals surface area contributed by atoms with E-state index in [0.29, 0.717) is 31.1 Å². The molecule has 2 aromatic carbocycles. The van der Waals surface area contributed by atoms with Crippen LogP contribution in [0.3, 0.4) is 0 Å². The summed E-state index contributed by atoms with van der Waals surface area (Å²) in [4.78, 5) is 12.3. The van der Waals surface area contributed by atoms with Crippen LogP contribution in [0.2, 0.25) is 0 Å². The van der Waals surface area contributed by atoms with Gasteiger partial charge in [0.15, 0.2) is 0 Å². The van der Waals surface area contributed by atoms with Crippen LogP contribution < -0.4 is 14.8 Å². The van der Waals surface area contributed by atoms with Crippen molar-refractivity contribution < 1.29 is 19.0 Å². The van der Waals surface area contributed by atoms with Gasteiger partial charge in [0.1, 0.15) is 18.1 Å². The van der Waals surface area contributed by atoms with Crippen molar-refractivity contribution in [3.63, 3.8) is 0 Å². The first-order valence-electron chi connectivity index (χ1n) is 8.49. The highest BCUT2D eigenvalue weighted by Gasteiger charge is 2.06. The van der Waals surface area contributed by atoms with Crippen molar-refractivity contribution in [3.05, 3.63) is 54.1 Å². The lowest BCUT2D eigenvalue weighted by Gasteiger charge is -2.09. The van der Waals surface area contributed by atoms with Crippen molar-refractivity contribution in [2.24, 2.45) is 0 Å². The fourth-order valence-electron chi connectivity index (χ4n) is 2.12. The number of carbonyl (C=O) groups is 1. The molecule has 0 saturated carbocycles. The molecule has 0 radical (unpaired) electrons. The molecule has 134 valence electrons. The van der Waals surface area contributed by atoms with Crippen molar-refractivity contribution in [2.75, 3.05) is 32.2 Å². The van der Waals surface area contributed by atoms with Crippen LogP contribution in [0.25, 0.3) is 0 Å². The SMILES string of the molecule is CCCCOc1ccc(C(=O)Nc2ccc(OCCOC)cc2)cc1. The lowest BCUT2D eigenvalue weighted by molar-refractivity contribution is 0.102. The molecule has 0 unspecified atom stereocenters. The quantitative estimate of drug-likeness (QED) is 0.659. The molecular formula is C20H25NO4. The topological polar surface area (TPSA) is 56.8 Å². The zero-order valence-corrected chi connectivity index (χ0v) is 14.8. The van der Waals surface area contributed by atoms with Gasteiger partial charge >= 0.3 is 0 Å². The van der Waals surface area contributed by atoms with E-state index in [2.05, 4.69) is 12.2 Å². The molecule has 0 bridgehead atoms. The number of carbonyl (C=O) groups excluding carboxylic acids is 1. The summed E-state index contributed by atoms with van der Waals surface area (Å²) in [6, 6.07) is 14.4. The number of ether oxygens (including phenoxy) is 3. The summed E-state index contributed by atoms with van der Waals surface area (Å²) in [7, 11) is 1.63. The Morgan fingerprint density at radius 2 is 1.48 bits per heavy atom. The molecular weight excluding hydrogens is 318 g/mol. The molecule has 0 heterocycles. The molecule has 25 heavy (non-hydrogen) atoms. The first kappa shape index (κ1) is 18.8. The van der Waals surface area contributed by atoms with Crippen LogP contribution in [0.1, 0.15) is 30.1 Å². The highest BCUT2D eigenvalue weighted by atomic mass is 16.5. The molecule has 0 fully saturated rings. The van der Waals surface area contributed by atoms with Crippen molar-refractivity contribution in [3.8, 4) is 11.5 Å². The highest BCUT2D eigenvalue weighted by molar-refractivity contribution is 6.04. The van der Waals surface area contributed by atoms with Crippen LogP contribution in [-0.4, -0.2) is 32.8 Å². The summed E-state index contributed by atoms with van der Waals surface area (Å²) in [5.74, 6) is 1.36. The Morgan fingerprint density at radius 3 is 2.08 bits per heavy atom. The Bertz CT molecular complexity index is 638. The Kier molecular flexibility index (Phi) is 7.79. The van der Waals surface area contributed by atoms with E-state index >= 15 is 0 Å². The van der Waals surface area contributed by atoms with Crippen LogP contribution in [0.15, 0.2) is 48.5 Å². The standard InChI is InChI=1S/C20H25NO4/c1-3-4-13-24-18-9-5-16(6-10-18)20(22)21-17-7-11-19(12-8-17)25-15-14-23-2/h5-12H,3-4,13-15H2,1-2H3,(H,21,22). The third kappa shape index (κ3) is 6.47. The summed E-state index contributed by atoms with van der Waals surface area (Å²) in [6.45, 7) is 3.85. The smallest absolute Gasteiger partial charge is 0.255 e. The van der Waals surface area contributed by atoms with E-state index in [0.717, 1.165) is 24.3 Å². The zero-order chi connectivity index (χ0) is 17.9. The zero-order valence-electron chi connectivity index (χ0n) is 14.8. The van der Waals surface area contributed by atoms with Crippen LogP contribution in [-0.2, 0) is 4.74 Å². The van der Waals surface area contributed by atoms with Gasteiger partial charge in [-0.15, -0.1) is 0 Å². The van der Waals surface area contributed by atoms with Crippen molar-refractivity contribution in [1.29, 1.82) is 0 Å². The summed E-state index contributed by atoms with van der Waals surface area (Å²) >= 11 is 0. The maximum absolute atomic E-state index is 12.3. The second-order valence-electron chi connectivity index (χ2n) is 5.55. The summed E-state index contributed by atoms with van der Waals surface area (Å²) in [5, 5.41) is 2.86. The van der Waals surface area contributed by atoms with Crippen molar-refractivity contribution in [2.45, 2.75) is 19.8 Å². The average Bonchev–Trinajstić information content (AvgIpc) is 2.64. The number of benzene rings is 2. The third-order valence-electron chi connectivity index (χ3n) is 3.55. The van der Waals surface area contributed by atoms with Gasteiger partial charge in [0.2, 0.25) is 0 Å². The maximum atomic E-state index is 12.3. The second-order valence-corrected chi connectivity index (χ2v) is 5.55. The summed E-state index contributed by atoms with van der Waals surface area (Å²) < 4.78 is 16.0. The number of amides is 1. The van der Waals surface area contributed by atoms with E-state index in [4.69, 9.17) is 14.2 Å². The third-order valence-corrected chi connectivity index (χ3v) is 3.55. The van der Waals surface area contributed by atoms with Gasteiger partial charge in [-0.3, -0.25) is 4.79 Å². The second kappa shape index (κ2) is 10.4. The van der Waals surface area contributed by atoms with Gasteiger partial charge in [-0.25, -0.2) is 0 Å². The first-order chi connectivity index (χ1) is 12.2. The van der Waals surface area contributed by atoms with Gasteiger partial charge in [-0.2, -0.15) is 0 Å². The van der Waals surface area contributed by atoms with E-state index in [1.165, 1.54) is 0 Å². The average molecular weight is 343 g/mol. The lowest BCUT2D eigenvalue weighted by atomic mass is 10.2. The molecule has 0 saturated heterocycles. The largest absolute Gasteiger partial charge is 0.494 e. The van der Waals surface area contributed by atoms with Gasteiger partial charge in [0.25, 0.3) is 5.91 Å². The minimum atomic E-state index is -0.159. The van der Waals surface area contributed by atoms with Crippen LogP contribution in [0.4, 0.5) is 5.69 Å². The number of anilines is 1. The number of nitrogens with one attached hydrogen (secondary N) is 1. The molecule has 1 amide bonds. The van der Waals surface area contributed by atoms with E-state index in [1.54, 1.807) is 19.2 Å². The predicted molar refractivity (Wildman–Crippen MR) is 98.6 cm³/mol. The van der Waals surface area contributed by atoms with Gasteiger partial charge < -0.3 is 19.5 Å². The molecule has 5 heteroatoms. The molecule has 5 nitrogen and oxygen atoms in total. The number of unbranched alkanes of at least 4 members (excludes halogenated alkanes) is 1. The number of rotatable bonds is 10. The highest BCUT2D eigenvalue weighted by Crippen LogP contribution is 2.18. The van der Waals surface area contributed by atoms with Gasteiger partial charge in [0, 0.05) is 18.4 Å². The molecule has 1 N–H and O–H groups in total. The van der Waals surface area contributed by atoms with Crippen molar-refractivity contribution in [1.82, 2.24) is 0 Å².